The molecule has 0 N–H and O–H groups in total. The second kappa shape index (κ2) is 5.15. The molecule has 2 aliphatic carbocycles. The minimum absolute atomic E-state index is 0.799. The molecule has 0 heterocycles. The SMILES string of the molecule is CC(C)[C@H]1CC[C@@H](C)C[C@H]1C1=CCc2ccccc21. The minimum Gasteiger partial charge on any atom is -0.0760 e. The number of fused-ring (bicyclic) bond motifs is 1. The molecule has 0 nitrogen and oxygen atoms in total. The molecule has 0 spiro atoms. The fraction of sp³-hybridized carbons (Fsp3) is 0.579. The lowest BCUT2D eigenvalue weighted by molar-refractivity contribution is 0.185. The molecule has 0 unspecified atom stereocenters. The van der Waals surface area contributed by atoms with Crippen LogP contribution in [-0.4, -0.2) is 0 Å². The smallest absolute Gasteiger partial charge is 0.00853 e. The van der Waals surface area contributed by atoms with Crippen molar-refractivity contribution in [2.45, 2.75) is 46.5 Å². The second-order valence-electron chi connectivity index (χ2n) is 6.95. The molecule has 1 aromatic rings. The van der Waals surface area contributed by atoms with Crippen molar-refractivity contribution in [3.8, 4) is 0 Å². The summed E-state index contributed by atoms with van der Waals surface area (Å²) in [5.74, 6) is 3.39. The molecule has 0 aliphatic heterocycles. The Labute approximate surface area is 117 Å². The van der Waals surface area contributed by atoms with Crippen molar-refractivity contribution in [2.75, 3.05) is 0 Å². The number of allylic oxidation sites excluding steroid dienone is 2. The van der Waals surface area contributed by atoms with Crippen molar-refractivity contribution in [3.63, 3.8) is 0 Å². The topological polar surface area (TPSA) is 0 Å². The second-order valence-corrected chi connectivity index (χ2v) is 6.95. The van der Waals surface area contributed by atoms with Crippen molar-refractivity contribution in [3.05, 3.63) is 41.5 Å². The third-order valence-corrected chi connectivity index (χ3v) is 5.29. The summed E-state index contributed by atoms with van der Waals surface area (Å²) in [6.45, 7) is 7.26. The normalized spacial score (nSPS) is 30.3. The van der Waals surface area contributed by atoms with Gasteiger partial charge in [-0.25, -0.2) is 0 Å². The number of benzene rings is 1. The molecule has 2 aliphatic rings. The first-order valence-corrected chi connectivity index (χ1v) is 7.95. The van der Waals surface area contributed by atoms with E-state index in [2.05, 4.69) is 51.1 Å². The average molecular weight is 254 g/mol. The summed E-state index contributed by atoms with van der Waals surface area (Å²) in [5, 5.41) is 0. The molecular formula is C19H26. The predicted molar refractivity (Wildman–Crippen MR) is 83.0 cm³/mol. The lowest BCUT2D eigenvalue weighted by atomic mass is 9.66. The van der Waals surface area contributed by atoms with E-state index in [0.29, 0.717) is 0 Å². The molecule has 102 valence electrons. The van der Waals surface area contributed by atoms with Gasteiger partial charge in [-0.1, -0.05) is 57.5 Å². The molecule has 19 heavy (non-hydrogen) atoms. The highest BCUT2D eigenvalue weighted by Gasteiger charge is 2.34. The molecule has 0 radical (unpaired) electrons. The van der Waals surface area contributed by atoms with Gasteiger partial charge in [0.25, 0.3) is 0 Å². The molecule has 1 fully saturated rings. The van der Waals surface area contributed by atoms with E-state index in [-0.39, 0.29) is 0 Å². The molecule has 0 saturated heterocycles. The van der Waals surface area contributed by atoms with Gasteiger partial charge in [0, 0.05) is 0 Å². The summed E-state index contributed by atoms with van der Waals surface area (Å²) in [6.07, 6.45) is 7.91. The monoisotopic (exact) mass is 254 g/mol. The van der Waals surface area contributed by atoms with Crippen LogP contribution in [-0.2, 0) is 6.42 Å². The highest BCUT2D eigenvalue weighted by atomic mass is 14.4. The van der Waals surface area contributed by atoms with Gasteiger partial charge in [0.15, 0.2) is 0 Å². The third kappa shape index (κ3) is 2.38. The van der Waals surface area contributed by atoms with Crippen LogP contribution in [0, 0.1) is 23.7 Å². The Morgan fingerprint density at radius 2 is 1.89 bits per heavy atom. The summed E-state index contributed by atoms with van der Waals surface area (Å²) in [7, 11) is 0. The first-order valence-electron chi connectivity index (χ1n) is 7.95. The fourth-order valence-corrected chi connectivity index (χ4v) is 4.22. The van der Waals surface area contributed by atoms with Crippen molar-refractivity contribution >= 4 is 5.57 Å². The first kappa shape index (κ1) is 13.0. The maximum atomic E-state index is 2.52. The Hall–Kier alpha value is -1.04. The number of hydrogen-bond acceptors (Lipinski definition) is 0. The Morgan fingerprint density at radius 1 is 1.11 bits per heavy atom. The number of rotatable bonds is 2. The van der Waals surface area contributed by atoms with Crippen molar-refractivity contribution in [1.29, 1.82) is 0 Å². The van der Waals surface area contributed by atoms with E-state index in [1.165, 1.54) is 19.3 Å². The molecule has 0 amide bonds. The number of hydrogen-bond donors (Lipinski definition) is 0. The van der Waals surface area contributed by atoms with Gasteiger partial charge in [0.05, 0.1) is 0 Å². The third-order valence-electron chi connectivity index (χ3n) is 5.29. The van der Waals surface area contributed by atoms with Crippen LogP contribution in [0.15, 0.2) is 30.3 Å². The molecule has 3 atom stereocenters. The highest BCUT2D eigenvalue weighted by Crippen LogP contribution is 2.47. The zero-order valence-corrected chi connectivity index (χ0v) is 12.5. The van der Waals surface area contributed by atoms with Gasteiger partial charge in [-0.2, -0.15) is 0 Å². The molecular weight excluding hydrogens is 228 g/mol. The molecule has 1 saturated carbocycles. The van der Waals surface area contributed by atoms with Crippen LogP contribution >= 0.6 is 0 Å². The maximum Gasteiger partial charge on any atom is -0.00853 e. The van der Waals surface area contributed by atoms with Crippen LogP contribution in [0.25, 0.3) is 5.57 Å². The van der Waals surface area contributed by atoms with Gasteiger partial charge in [0.2, 0.25) is 0 Å². The van der Waals surface area contributed by atoms with Gasteiger partial charge < -0.3 is 0 Å². The Morgan fingerprint density at radius 3 is 2.68 bits per heavy atom. The maximum absolute atomic E-state index is 2.52. The van der Waals surface area contributed by atoms with E-state index in [4.69, 9.17) is 0 Å². The summed E-state index contributed by atoms with van der Waals surface area (Å²) >= 11 is 0. The van der Waals surface area contributed by atoms with Crippen molar-refractivity contribution in [2.24, 2.45) is 23.7 Å². The van der Waals surface area contributed by atoms with Gasteiger partial charge in [0.1, 0.15) is 0 Å². The van der Waals surface area contributed by atoms with Crippen LogP contribution in [0.2, 0.25) is 0 Å². The summed E-state index contributed by atoms with van der Waals surface area (Å²) in [6, 6.07) is 9.02. The largest absolute Gasteiger partial charge is 0.0760 e. The standard InChI is InChI=1S/C19H26/c1-13(2)16-10-8-14(3)12-19(16)18-11-9-15-6-4-5-7-17(15)18/h4-7,11,13-14,16,19H,8-10,12H2,1-3H3/t14-,16-,19-/m1/s1. The van der Waals surface area contributed by atoms with Gasteiger partial charge in [-0.3, -0.25) is 0 Å². The zero-order chi connectivity index (χ0) is 13.4. The van der Waals surface area contributed by atoms with E-state index in [9.17, 15) is 0 Å². The van der Waals surface area contributed by atoms with E-state index < -0.39 is 0 Å². The Kier molecular flexibility index (Phi) is 3.52. The van der Waals surface area contributed by atoms with E-state index in [0.717, 1.165) is 30.1 Å². The quantitative estimate of drug-likeness (QED) is 0.668. The van der Waals surface area contributed by atoms with E-state index in [1.54, 1.807) is 16.7 Å². The lowest BCUT2D eigenvalue weighted by Gasteiger charge is -2.38. The summed E-state index contributed by atoms with van der Waals surface area (Å²) < 4.78 is 0. The van der Waals surface area contributed by atoms with E-state index in [1.807, 2.05) is 0 Å². The fourth-order valence-electron chi connectivity index (χ4n) is 4.22. The minimum atomic E-state index is 0.799. The Bertz CT molecular complexity index is 481. The highest BCUT2D eigenvalue weighted by molar-refractivity contribution is 5.74. The summed E-state index contributed by atoms with van der Waals surface area (Å²) in [5.41, 5.74) is 4.76. The first-order chi connectivity index (χ1) is 9.16. The van der Waals surface area contributed by atoms with Gasteiger partial charge in [-0.05, 0) is 59.6 Å². The lowest BCUT2D eigenvalue weighted by Crippen LogP contribution is -2.28. The molecule has 0 bridgehead atoms. The Balaban J connectivity index is 1.92. The molecule has 0 heteroatoms. The van der Waals surface area contributed by atoms with Crippen LogP contribution < -0.4 is 0 Å². The average Bonchev–Trinajstić information content (AvgIpc) is 2.82. The van der Waals surface area contributed by atoms with Gasteiger partial charge >= 0.3 is 0 Å². The van der Waals surface area contributed by atoms with Crippen molar-refractivity contribution < 1.29 is 0 Å². The van der Waals surface area contributed by atoms with Gasteiger partial charge in [-0.15, -0.1) is 0 Å². The molecule has 0 aromatic heterocycles. The summed E-state index contributed by atoms with van der Waals surface area (Å²) in [4.78, 5) is 0. The molecule has 3 rings (SSSR count). The van der Waals surface area contributed by atoms with Crippen LogP contribution in [0.4, 0.5) is 0 Å². The van der Waals surface area contributed by atoms with Crippen molar-refractivity contribution in [1.82, 2.24) is 0 Å². The zero-order valence-electron chi connectivity index (χ0n) is 12.5. The predicted octanol–water partition coefficient (Wildman–Crippen LogP) is 5.33. The van der Waals surface area contributed by atoms with Crippen LogP contribution in [0.1, 0.15) is 51.2 Å². The van der Waals surface area contributed by atoms with E-state index >= 15 is 0 Å². The van der Waals surface area contributed by atoms with Crippen LogP contribution in [0.5, 0.6) is 0 Å². The molecule has 1 aromatic carbocycles. The van der Waals surface area contributed by atoms with Crippen LogP contribution in [0.3, 0.4) is 0 Å².